The molecule has 5 N–H and O–H groups in total. The first-order valence-electron chi connectivity index (χ1n) is 17.7. The van der Waals surface area contributed by atoms with E-state index in [0.717, 1.165) is 51.4 Å². The fourth-order valence-electron chi connectivity index (χ4n) is 4.80. The second kappa shape index (κ2) is 43.3. The van der Waals surface area contributed by atoms with E-state index in [1.165, 1.54) is 109 Å². The molecule has 0 saturated heterocycles. The zero-order chi connectivity index (χ0) is 30.4. The lowest BCUT2D eigenvalue weighted by atomic mass is 9.92. The topological polar surface area (TPSA) is 101 Å². The third-order valence-electron chi connectivity index (χ3n) is 7.92. The fourth-order valence-corrected chi connectivity index (χ4v) is 4.80. The van der Waals surface area contributed by atoms with E-state index in [-0.39, 0.29) is 13.2 Å². The summed E-state index contributed by atoms with van der Waals surface area (Å²) in [4.78, 5) is 0. The summed E-state index contributed by atoms with van der Waals surface area (Å²) < 4.78 is 0. The largest absolute Gasteiger partial charge is 0.396 e. The maximum Gasteiger partial charge on any atom is 0.0459 e. The number of rotatable bonds is 29. The third kappa shape index (κ3) is 42.3. The standard InChI is InChI=1S/C16H34O.C10H22O2.C9H20O2/c1-2-3-4-5-6-7-8-9-10-11-12-13-14-15-16-17;11-9-7-5-3-1-2-4-6-8-10-12;1-3-8(6-10)5-9(4-2)7-11/h17H,2-16H2,1H3;11-12H,1-10H2;8-11H,3-7H2,1-2H3. The molecule has 0 amide bonds. The first kappa shape index (κ1) is 44.2. The molecule has 0 aliphatic carbocycles. The molecular weight excluding hydrogens is 500 g/mol. The van der Waals surface area contributed by atoms with Crippen LogP contribution in [-0.4, -0.2) is 58.6 Å². The molecule has 0 heterocycles. The third-order valence-corrected chi connectivity index (χ3v) is 7.92. The summed E-state index contributed by atoms with van der Waals surface area (Å²) in [6.45, 7) is 7.99. The van der Waals surface area contributed by atoms with Gasteiger partial charge in [-0.25, -0.2) is 0 Å². The summed E-state index contributed by atoms with van der Waals surface area (Å²) in [6.07, 6.45) is 31.5. The van der Waals surface area contributed by atoms with Gasteiger partial charge in [-0.15, -0.1) is 0 Å². The van der Waals surface area contributed by atoms with Gasteiger partial charge in [0.05, 0.1) is 0 Å². The summed E-state index contributed by atoms with van der Waals surface area (Å²) >= 11 is 0. The van der Waals surface area contributed by atoms with E-state index >= 15 is 0 Å². The number of hydrogen-bond donors (Lipinski definition) is 5. The molecule has 40 heavy (non-hydrogen) atoms. The molecule has 0 rings (SSSR count). The van der Waals surface area contributed by atoms with Crippen molar-refractivity contribution in [1.82, 2.24) is 0 Å². The quantitative estimate of drug-likeness (QED) is 0.0572. The average Bonchev–Trinajstić information content (AvgIpc) is 2.98. The van der Waals surface area contributed by atoms with Crippen LogP contribution in [0.3, 0.4) is 0 Å². The zero-order valence-corrected chi connectivity index (χ0v) is 27.6. The van der Waals surface area contributed by atoms with Crippen LogP contribution >= 0.6 is 0 Å². The summed E-state index contributed by atoms with van der Waals surface area (Å²) in [5.41, 5.74) is 0. The van der Waals surface area contributed by atoms with Crippen LogP contribution in [-0.2, 0) is 0 Å². The monoisotopic (exact) mass is 577 g/mol. The summed E-state index contributed by atoms with van der Waals surface area (Å²) in [5.74, 6) is 0.763. The van der Waals surface area contributed by atoms with E-state index in [4.69, 9.17) is 25.5 Å². The minimum absolute atomic E-state index is 0.257. The van der Waals surface area contributed by atoms with Crippen molar-refractivity contribution in [3.63, 3.8) is 0 Å². The van der Waals surface area contributed by atoms with Gasteiger partial charge in [0.25, 0.3) is 0 Å². The van der Waals surface area contributed by atoms with Crippen molar-refractivity contribution in [2.45, 2.75) is 181 Å². The molecule has 5 nitrogen and oxygen atoms in total. The summed E-state index contributed by atoms with van der Waals surface area (Å²) in [5, 5.41) is 43.4. The highest BCUT2D eigenvalue weighted by Gasteiger charge is 2.11. The molecule has 0 spiro atoms. The molecule has 0 aromatic heterocycles. The normalized spacial score (nSPS) is 12.3. The van der Waals surface area contributed by atoms with Gasteiger partial charge in [-0.2, -0.15) is 0 Å². The van der Waals surface area contributed by atoms with Crippen LogP contribution in [0.1, 0.15) is 181 Å². The second-order valence-corrected chi connectivity index (χ2v) is 11.7. The highest BCUT2D eigenvalue weighted by atomic mass is 16.3. The van der Waals surface area contributed by atoms with Crippen LogP contribution in [0.2, 0.25) is 0 Å². The van der Waals surface area contributed by atoms with Crippen LogP contribution in [0.15, 0.2) is 0 Å². The zero-order valence-electron chi connectivity index (χ0n) is 27.6. The maximum atomic E-state index is 8.88. The Bertz CT molecular complexity index is 352. The van der Waals surface area contributed by atoms with Crippen molar-refractivity contribution < 1.29 is 25.5 Å². The predicted octanol–water partition coefficient (Wildman–Crippen LogP) is 8.97. The van der Waals surface area contributed by atoms with Gasteiger partial charge in [-0.3, -0.25) is 0 Å². The van der Waals surface area contributed by atoms with Crippen LogP contribution in [0.5, 0.6) is 0 Å². The SMILES string of the molecule is CCC(CO)CC(CC)CO.CCCCCCCCCCCCCCCCO.OCCCCCCCCCCO. The molecule has 0 saturated carbocycles. The Hall–Kier alpha value is -0.200. The number of hydrogen-bond acceptors (Lipinski definition) is 5. The van der Waals surface area contributed by atoms with Gasteiger partial charge < -0.3 is 25.5 Å². The molecular formula is C35H76O5. The number of unbranched alkanes of at least 4 members (excludes halogenated alkanes) is 20. The van der Waals surface area contributed by atoms with Crippen molar-refractivity contribution in [2.75, 3.05) is 33.0 Å². The number of aliphatic hydroxyl groups is 5. The van der Waals surface area contributed by atoms with Gasteiger partial charge in [0, 0.05) is 33.0 Å². The molecule has 0 fully saturated rings. The Morgan fingerprint density at radius 2 is 0.550 bits per heavy atom. The van der Waals surface area contributed by atoms with E-state index in [1.807, 2.05) is 0 Å². The molecule has 246 valence electrons. The lowest BCUT2D eigenvalue weighted by Gasteiger charge is -2.17. The molecule has 5 heteroatoms. The predicted molar refractivity (Wildman–Crippen MR) is 175 cm³/mol. The molecule has 0 aromatic rings. The van der Waals surface area contributed by atoms with Crippen LogP contribution < -0.4 is 0 Å². The van der Waals surface area contributed by atoms with E-state index < -0.39 is 0 Å². The van der Waals surface area contributed by atoms with E-state index in [2.05, 4.69) is 20.8 Å². The lowest BCUT2D eigenvalue weighted by Crippen LogP contribution is -2.14. The Morgan fingerprint density at radius 1 is 0.325 bits per heavy atom. The summed E-state index contributed by atoms with van der Waals surface area (Å²) in [6, 6.07) is 0. The fraction of sp³-hybridized carbons (Fsp3) is 1.00. The van der Waals surface area contributed by atoms with Crippen LogP contribution in [0.25, 0.3) is 0 Å². The smallest absolute Gasteiger partial charge is 0.0459 e. The van der Waals surface area contributed by atoms with Gasteiger partial charge in [0.15, 0.2) is 0 Å². The molecule has 0 aliphatic heterocycles. The number of aliphatic hydroxyl groups excluding tert-OH is 5. The van der Waals surface area contributed by atoms with Crippen molar-refractivity contribution in [3.8, 4) is 0 Å². The van der Waals surface area contributed by atoms with Crippen LogP contribution in [0, 0.1) is 11.8 Å². The minimum atomic E-state index is 0.257. The Balaban J connectivity index is -0.000000530. The lowest BCUT2D eigenvalue weighted by molar-refractivity contribution is 0.156. The van der Waals surface area contributed by atoms with Crippen LogP contribution in [0.4, 0.5) is 0 Å². The molecule has 0 aromatic carbocycles. The highest BCUT2D eigenvalue weighted by molar-refractivity contribution is 4.62. The first-order valence-corrected chi connectivity index (χ1v) is 17.7. The Labute approximate surface area is 251 Å². The van der Waals surface area contributed by atoms with E-state index in [1.54, 1.807) is 0 Å². The molecule has 0 bridgehead atoms. The van der Waals surface area contributed by atoms with Gasteiger partial charge in [-0.1, -0.05) is 156 Å². The van der Waals surface area contributed by atoms with Crippen molar-refractivity contribution >= 4 is 0 Å². The van der Waals surface area contributed by atoms with E-state index in [9.17, 15) is 0 Å². The molecule has 0 radical (unpaired) electrons. The van der Waals surface area contributed by atoms with Gasteiger partial charge in [-0.05, 0) is 37.5 Å². The van der Waals surface area contributed by atoms with Gasteiger partial charge in [0.1, 0.15) is 0 Å². The first-order chi connectivity index (χ1) is 19.6. The van der Waals surface area contributed by atoms with Gasteiger partial charge in [0.2, 0.25) is 0 Å². The Kier molecular flexibility index (Phi) is 47.8. The minimum Gasteiger partial charge on any atom is -0.396 e. The van der Waals surface area contributed by atoms with Crippen molar-refractivity contribution in [2.24, 2.45) is 11.8 Å². The average molecular weight is 577 g/mol. The molecule has 0 aliphatic rings. The summed E-state index contributed by atoms with van der Waals surface area (Å²) in [7, 11) is 0. The van der Waals surface area contributed by atoms with Crippen molar-refractivity contribution in [1.29, 1.82) is 0 Å². The molecule has 2 atom stereocenters. The second-order valence-electron chi connectivity index (χ2n) is 11.7. The van der Waals surface area contributed by atoms with E-state index in [0.29, 0.717) is 31.7 Å². The Morgan fingerprint density at radius 3 is 0.725 bits per heavy atom. The maximum absolute atomic E-state index is 8.88. The molecule has 2 unspecified atom stereocenters. The highest BCUT2D eigenvalue weighted by Crippen LogP contribution is 2.17. The van der Waals surface area contributed by atoms with Gasteiger partial charge >= 0.3 is 0 Å². The van der Waals surface area contributed by atoms with Crippen molar-refractivity contribution in [3.05, 3.63) is 0 Å².